The van der Waals surface area contributed by atoms with Crippen molar-refractivity contribution in [1.29, 1.82) is 0 Å². The number of ether oxygens (including phenoxy) is 1. The highest BCUT2D eigenvalue weighted by molar-refractivity contribution is 5.91. The fraction of sp³-hybridized carbons (Fsp3) is 0.444. The molecule has 8 nitrogen and oxygen atoms in total. The van der Waals surface area contributed by atoms with Crippen LogP contribution in [0.5, 0.6) is 0 Å². The van der Waals surface area contributed by atoms with E-state index in [4.69, 9.17) is 4.74 Å². The van der Waals surface area contributed by atoms with Gasteiger partial charge in [0.25, 0.3) is 11.5 Å². The zero-order valence-electron chi connectivity index (χ0n) is 14.9. The van der Waals surface area contributed by atoms with E-state index in [0.717, 1.165) is 24.5 Å². The van der Waals surface area contributed by atoms with Crippen molar-refractivity contribution in [1.82, 2.24) is 20.1 Å². The first-order valence-corrected chi connectivity index (χ1v) is 8.72. The topological polar surface area (TPSA) is 89.3 Å². The Labute approximate surface area is 151 Å². The van der Waals surface area contributed by atoms with Crippen LogP contribution in [-0.2, 0) is 17.8 Å². The maximum atomic E-state index is 12.3. The van der Waals surface area contributed by atoms with E-state index in [-0.39, 0.29) is 17.2 Å². The standard InChI is InChI=1S/C18H23N5O3/c1-26-11-10-23-17(24)7-5-15(21-23)18(25)20-13-14-4-6-16(19-12-14)22-8-2-3-9-22/h4-7,12H,2-3,8-11,13H2,1H3,(H,20,25). The highest BCUT2D eigenvalue weighted by Gasteiger charge is 2.13. The number of nitrogens with one attached hydrogen (secondary N) is 1. The molecule has 0 aliphatic carbocycles. The fourth-order valence-electron chi connectivity index (χ4n) is 2.84. The van der Waals surface area contributed by atoms with Gasteiger partial charge in [0.05, 0.1) is 13.2 Å². The Morgan fingerprint density at radius 3 is 2.73 bits per heavy atom. The molecule has 1 saturated heterocycles. The van der Waals surface area contributed by atoms with Crippen molar-refractivity contribution in [2.24, 2.45) is 0 Å². The summed E-state index contributed by atoms with van der Waals surface area (Å²) in [5, 5.41) is 6.88. The summed E-state index contributed by atoms with van der Waals surface area (Å²) in [5.74, 6) is 0.643. The van der Waals surface area contributed by atoms with Crippen LogP contribution in [0.25, 0.3) is 0 Å². The van der Waals surface area contributed by atoms with Crippen molar-refractivity contribution in [3.05, 3.63) is 52.1 Å². The Bertz CT molecular complexity index is 797. The van der Waals surface area contributed by atoms with E-state index in [9.17, 15) is 9.59 Å². The summed E-state index contributed by atoms with van der Waals surface area (Å²) >= 11 is 0. The number of aromatic nitrogens is 3. The van der Waals surface area contributed by atoms with Crippen molar-refractivity contribution in [2.45, 2.75) is 25.9 Å². The average molecular weight is 357 g/mol. The molecule has 0 bridgehead atoms. The third kappa shape index (κ3) is 4.45. The molecule has 1 amide bonds. The molecule has 0 spiro atoms. The van der Waals surface area contributed by atoms with Gasteiger partial charge in [-0.1, -0.05) is 6.07 Å². The number of pyridine rings is 1. The number of rotatable bonds is 7. The number of amides is 1. The molecule has 0 saturated carbocycles. The second-order valence-corrected chi connectivity index (χ2v) is 6.17. The number of hydrogen-bond acceptors (Lipinski definition) is 6. The highest BCUT2D eigenvalue weighted by Crippen LogP contribution is 2.17. The Kier molecular flexibility index (Phi) is 5.96. The maximum absolute atomic E-state index is 12.3. The zero-order valence-corrected chi connectivity index (χ0v) is 14.9. The second-order valence-electron chi connectivity index (χ2n) is 6.17. The van der Waals surface area contributed by atoms with Crippen LogP contribution < -0.4 is 15.8 Å². The molecule has 0 radical (unpaired) electrons. The van der Waals surface area contributed by atoms with E-state index < -0.39 is 0 Å². The first-order valence-electron chi connectivity index (χ1n) is 8.72. The smallest absolute Gasteiger partial charge is 0.271 e. The first kappa shape index (κ1) is 18.1. The van der Waals surface area contributed by atoms with Crippen molar-refractivity contribution < 1.29 is 9.53 Å². The number of hydrogen-bond donors (Lipinski definition) is 1. The molecule has 2 aromatic heterocycles. The summed E-state index contributed by atoms with van der Waals surface area (Å²) < 4.78 is 6.17. The van der Waals surface area contributed by atoms with Gasteiger partial charge in [0.1, 0.15) is 11.5 Å². The van der Waals surface area contributed by atoms with Crippen molar-refractivity contribution in [3.63, 3.8) is 0 Å². The lowest BCUT2D eigenvalue weighted by Gasteiger charge is -2.16. The minimum atomic E-state index is -0.334. The molecule has 0 aromatic carbocycles. The van der Waals surface area contributed by atoms with Crippen LogP contribution in [0.2, 0.25) is 0 Å². The molecule has 3 heterocycles. The van der Waals surface area contributed by atoms with Crippen LogP contribution in [0.15, 0.2) is 35.3 Å². The summed E-state index contributed by atoms with van der Waals surface area (Å²) in [4.78, 5) is 30.7. The van der Waals surface area contributed by atoms with E-state index in [1.165, 1.54) is 29.7 Å². The molecule has 3 rings (SSSR count). The molecule has 8 heteroatoms. The van der Waals surface area contributed by atoms with Gasteiger partial charge in [-0.3, -0.25) is 9.59 Å². The largest absolute Gasteiger partial charge is 0.383 e. The summed E-state index contributed by atoms with van der Waals surface area (Å²) in [6.45, 7) is 3.11. The third-order valence-corrected chi connectivity index (χ3v) is 4.30. The van der Waals surface area contributed by atoms with Crippen molar-refractivity contribution >= 4 is 11.7 Å². The van der Waals surface area contributed by atoms with Gasteiger partial charge in [0.2, 0.25) is 0 Å². The predicted molar refractivity (Wildman–Crippen MR) is 97.2 cm³/mol. The molecule has 2 aromatic rings. The SMILES string of the molecule is COCCn1nc(C(=O)NCc2ccc(N3CCCC3)nc2)ccc1=O. The molecule has 1 fully saturated rings. The van der Waals surface area contributed by atoms with Gasteiger partial charge in [0, 0.05) is 39.0 Å². The lowest BCUT2D eigenvalue weighted by atomic mass is 10.2. The van der Waals surface area contributed by atoms with E-state index in [2.05, 4.69) is 20.3 Å². The highest BCUT2D eigenvalue weighted by atomic mass is 16.5. The zero-order chi connectivity index (χ0) is 18.4. The van der Waals surface area contributed by atoms with Gasteiger partial charge in [-0.25, -0.2) is 9.67 Å². The van der Waals surface area contributed by atoms with Crippen LogP contribution in [-0.4, -0.2) is 47.5 Å². The molecular formula is C18H23N5O3. The molecular weight excluding hydrogens is 334 g/mol. The van der Waals surface area contributed by atoms with Gasteiger partial charge < -0.3 is 15.0 Å². The number of methoxy groups -OCH3 is 1. The number of nitrogens with zero attached hydrogens (tertiary/aromatic N) is 4. The average Bonchev–Trinajstić information content (AvgIpc) is 3.20. The van der Waals surface area contributed by atoms with Crippen LogP contribution >= 0.6 is 0 Å². The van der Waals surface area contributed by atoms with Gasteiger partial charge >= 0.3 is 0 Å². The minimum absolute atomic E-state index is 0.197. The molecule has 1 aliphatic heterocycles. The van der Waals surface area contributed by atoms with Crippen molar-refractivity contribution in [2.75, 3.05) is 31.7 Å². The summed E-state index contributed by atoms with van der Waals surface area (Å²) in [7, 11) is 1.55. The van der Waals surface area contributed by atoms with Crippen LogP contribution in [0.1, 0.15) is 28.9 Å². The molecule has 0 atom stereocenters. The Hall–Kier alpha value is -2.74. The van der Waals surface area contributed by atoms with Gasteiger partial charge in [-0.05, 0) is 30.5 Å². The maximum Gasteiger partial charge on any atom is 0.271 e. The first-order chi connectivity index (χ1) is 12.7. The van der Waals surface area contributed by atoms with E-state index in [1.807, 2.05) is 12.1 Å². The lowest BCUT2D eigenvalue weighted by molar-refractivity contribution is 0.0942. The quantitative estimate of drug-likeness (QED) is 0.789. The van der Waals surface area contributed by atoms with Crippen LogP contribution in [0, 0.1) is 0 Å². The lowest BCUT2D eigenvalue weighted by Crippen LogP contribution is -2.30. The van der Waals surface area contributed by atoms with Gasteiger partial charge in [0.15, 0.2) is 0 Å². The van der Waals surface area contributed by atoms with E-state index >= 15 is 0 Å². The minimum Gasteiger partial charge on any atom is -0.383 e. The molecule has 138 valence electrons. The number of carbonyl (C=O) groups excluding carboxylic acids is 1. The van der Waals surface area contributed by atoms with Crippen LogP contribution in [0.4, 0.5) is 5.82 Å². The molecule has 1 N–H and O–H groups in total. The Balaban J connectivity index is 1.59. The third-order valence-electron chi connectivity index (χ3n) is 4.30. The molecule has 1 aliphatic rings. The monoisotopic (exact) mass is 357 g/mol. The number of anilines is 1. The van der Waals surface area contributed by atoms with E-state index in [0.29, 0.717) is 19.7 Å². The Morgan fingerprint density at radius 1 is 1.23 bits per heavy atom. The predicted octanol–water partition coefficient (Wildman–Crippen LogP) is 0.815. The molecule has 0 unspecified atom stereocenters. The summed E-state index contributed by atoms with van der Waals surface area (Å²) in [6.07, 6.45) is 4.19. The van der Waals surface area contributed by atoms with Crippen LogP contribution in [0.3, 0.4) is 0 Å². The normalized spacial score (nSPS) is 13.8. The van der Waals surface area contributed by atoms with Gasteiger partial charge in [-0.15, -0.1) is 0 Å². The van der Waals surface area contributed by atoms with Gasteiger partial charge in [-0.2, -0.15) is 5.10 Å². The fourth-order valence-corrected chi connectivity index (χ4v) is 2.84. The van der Waals surface area contributed by atoms with E-state index in [1.54, 1.807) is 13.3 Å². The van der Waals surface area contributed by atoms with Crippen molar-refractivity contribution in [3.8, 4) is 0 Å². The summed E-state index contributed by atoms with van der Waals surface area (Å²) in [5.41, 5.74) is 0.844. The number of carbonyl (C=O) groups is 1. The Morgan fingerprint density at radius 2 is 2.04 bits per heavy atom. The second kappa shape index (κ2) is 8.57. The summed E-state index contributed by atoms with van der Waals surface area (Å²) in [6, 6.07) is 6.71. The molecule has 26 heavy (non-hydrogen) atoms.